The minimum absolute atomic E-state index is 0.131. The van der Waals surface area contributed by atoms with E-state index in [-0.39, 0.29) is 48.7 Å². The van der Waals surface area contributed by atoms with Gasteiger partial charge in [-0.25, -0.2) is 0 Å². The van der Waals surface area contributed by atoms with Gasteiger partial charge in [-0.1, -0.05) is 0 Å². The van der Waals surface area contributed by atoms with Gasteiger partial charge < -0.3 is 29.4 Å². The molecule has 0 radical (unpaired) electrons. The quantitative estimate of drug-likeness (QED) is 0.106. The van der Waals surface area contributed by atoms with Crippen LogP contribution in [0.1, 0.15) is 88.5 Å². The minimum atomic E-state index is -0.163. The van der Waals surface area contributed by atoms with Crippen molar-refractivity contribution in [2.24, 2.45) is 5.73 Å². The van der Waals surface area contributed by atoms with E-state index in [4.69, 9.17) is 29.4 Å². The minimum Gasteiger partial charge on any atom is -0.372 e. The number of rotatable bonds is 22. The van der Waals surface area contributed by atoms with E-state index in [2.05, 4.69) is 69.2 Å². The van der Waals surface area contributed by atoms with E-state index in [1.54, 1.807) is 0 Å². The highest BCUT2D eigenvalue weighted by molar-refractivity contribution is 7.38. The topological polar surface area (TPSA) is 72.2 Å². The Labute approximate surface area is 215 Å². The smallest absolute Gasteiger partial charge is 0.161 e. The Balaban J connectivity index is 4.89. The molecule has 0 aromatic heterocycles. The molecule has 0 aliphatic rings. The Morgan fingerprint density at radius 3 is 1.18 bits per heavy atom. The van der Waals surface area contributed by atoms with Gasteiger partial charge >= 0.3 is 0 Å². The molecule has 0 aromatic rings. The maximum Gasteiger partial charge on any atom is 0.161 e. The normalized spacial score (nSPS) is 15.4. The molecular formula is C26H57NO5P2. The average molecular weight is 526 g/mol. The van der Waals surface area contributed by atoms with Crippen LogP contribution in [0.5, 0.6) is 0 Å². The highest BCUT2D eigenvalue weighted by atomic mass is 31.1. The molecule has 0 saturated heterocycles. The zero-order chi connectivity index (χ0) is 26.1. The predicted octanol–water partition coefficient (Wildman–Crippen LogP) is 5.99. The van der Waals surface area contributed by atoms with Crippen molar-refractivity contribution in [2.45, 2.75) is 137 Å². The summed E-state index contributed by atoms with van der Waals surface area (Å²) in [7, 11) is 1.55. The summed E-state index contributed by atoms with van der Waals surface area (Å²) in [4.78, 5) is 0. The Morgan fingerprint density at radius 1 is 0.559 bits per heavy atom. The summed E-state index contributed by atoms with van der Waals surface area (Å²) in [6, 6.07) is 0. The fourth-order valence-electron chi connectivity index (χ4n) is 3.86. The summed E-state index contributed by atoms with van der Waals surface area (Å²) in [6.45, 7) is 21.4. The molecule has 8 heteroatoms. The highest BCUT2D eigenvalue weighted by Crippen LogP contribution is 2.33. The molecule has 0 fully saturated rings. The van der Waals surface area contributed by atoms with Crippen LogP contribution in [0.4, 0.5) is 0 Å². The van der Waals surface area contributed by atoms with Crippen LogP contribution in [0.15, 0.2) is 0 Å². The van der Waals surface area contributed by atoms with Gasteiger partial charge in [-0.15, -0.1) is 17.2 Å². The standard InChI is InChI=1S/C26H57NO5P2/c1-19(2)28-24(29-20(3)4)17-33-15-12-26(11-14-27,32-23(9)10)13-16-34-18-25(30-21(5)6)31-22(7)8/h19-25,33-34H,11-18,27H2,1-10H3. The van der Waals surface area contributed by atoms with Crippen molar-refractivity contribution >= 4 is 17.2 Å². The van der Waals surface area contributed by atoms with Crippen molar-refractivity contribution in [1.82, 2.24) is 0 Å². The second-order valence-corrected chi connectivity index (χ2v) is 13.2. The average Bonchev–Trinajstić information content (AvgIpc) is 2.66. The van der Waals surface area contributed by atoms with Crippen LogP contribution in [0, 0.1) is 0 Å². The largest absolute Gasteiger partial charge is 0.372 e. The summed E-state index contributed by atoms with van der Waals surface area (Å²) in [5.41, 5.74) is 5.90. The molecule has 2 atom stereocenters. The van der Waals surface area contributed by atoms with Gasteiger partial charge in [0.15, 0.2) is 12.6 Å². The lowest BCUT2D eigenvalue weighted by atomic mass is 9.92. The van der Waals surface area contributed by atoms with Crippen LogP contribution in [-0.4, -0.2) is 79.9 Å². The molecule has 0 spiro atoms. The van der Waals surface area contributed by atoms with Gasteiger partial charge in [-0.3, -0.25) is 0 Å². The predicted molar refractivity (Wildman–Crippen MR) is 150 cm³/mol. The van der Waals surface area contributed by atoms with E-state index < -0.39 is 0 Å². The van der Waals surface area contributed by atoms with E-state index >= 15 is 0 Å². The van der Waals surface area contributed by atoms with Crippen molar-refractivity contribution in [3.63, 3.8) is 0 Å². The van der Waals surface area contributed by atoms with Crippen molar-refractivity contribution in [1.29, 1.82) is 0 Å². The van der Waals surface area contributed by atoms with Crippen molar-refractivity contribution in [3.8, 4) is 0 Å². The van der Waals surface area contributed by atoms with E-state index in [1.165, 1.54) is 0 Å². The molecule has 0 bridgehead atoms. The summed E-state index contributed by atoms with van der Waals surface area (Å²) in [5.74, 6) is 0. The van der Waals surface area contributed by atoms with Crippen LogP contribution < -0.4 is 5.73 Å². The van der Waals surface area contributed by atoms with Crippen LogP contribution in [-0.2, 0) is 23.7 Å². The molecule has 0 rings (SSSR count). The third-order valence-electron chi connectivity index (χ3n) is 4.92. The molecule has 34 heavy (non-hydrogen) atoms. The molecule has 0 aliphatic heterocycles. The molecule has 0 saturated carbocycles. The summed E-state index contributed by atoms with van der Waals surface area (Å²) in [6.07, 6.45) is 7.58. The number of ether oxygens (including phenoxy) is 5. The molecule has 2 unspecified atom stereocenters. The van der Waals surface area contributed by atoms with Crippen molar-refractivity contribution in [3.05, 3.63) is 0 Å². The number of nitrogens with two attached hydrogens (primary N) is 1. The van der Waals surface area contributed by atoms with E-state index in [0.717, 1.165) is 61.1 Å². The summed E-state index contributed by atoms with van der Waals surface area (Å²) >= 11 is 0. The van der Waals surface area contributed by atoms with Gasteiger partial charge in [0.05, 0.1) is 36.1 Å². The zero-order valence-electron chi connectivity index (χ0n) is 23.8. The van der Waals surface area contributed by atoms with Crippen LogP contribution in [0.3, 0.4) is 0 Å². The first-order valence-electron chi connectivity index (χ1n) is 13.3. The third kappa shape index (κ3) is 18.8. The maximum absolute atomic E-state index is 6.55. The molecule has 6 nitrogen and oxygen atoms in total. The summed E-state index contributed by atoms with van der Waals surface area (Å²) in [5, 5.41) is 0. The maximum atomic E-state index is 6.55. The van der Waals surface area contributed by atoms with Gasteiger partial charge in [0.2, 0.25) is 0 Å². The zero-order valence-corrected chi connectivity index (χ0v) is 25.8. The molecule has 0 heterocycles. The molecule has 0 aliphatic carbocycles. The summed E-state index contributed by atoms with van der Waals surface area (Å²) < 4.78 is 30.4. The molecule has 206 valence electrons. The van der Waals surface area contributed by atoms with E-state index in [0.29, 0.717) is 6.54 Å². The monoisotopic (exact) mass is 525 g/mol. The Bertz CT molecular complexity index is 426. The van der Waals surface area contributed by atoms with Gasteiger partial charge in [0, 0.05) is 12.3 Å². The Hall–Kier alpha value is 0.620. The first-order chi connectivity index (χ1) is 15.9. The van der Waals surface area contributed by atoms with Gasteiger partial charge in [-0.2, -0.15) is 0 Å². The second-order valence-electron chi connectivity index (χ2n) is 10.4. The first-order valence-corrected chi connectivity index (χ1v) is 16.1. The lowest BCUT2D eigenvalue weighted by Gasteiger charge is -2.36. The number of hydrogen-bond donors (Lipinski definition) is 1. The van der Waals surface area contributed by atoms with Crippen LogP contribution in [0.25, 0.3) is 0 Å². The Morgan fingerprint density at radius 2 is 0.912 bits per heavy atom. The molecule has 0 amide bonds. The second kappa shape index (κ2) is 19.7. The van der Waals surface area contributed by atoms with Gasteiger partial charge in [0.1, 0.15) is 0 Å². The van der Waals surface area contributed by atoms with Gasteiger partial charge in [-0.05, 0) is 107 Å². The van der Waals surface area contributed by atoms with E-state index in [1.807, 2.05) is 0 Å². The Kier molecular flexibility index (Phi) is 20.1. The fraction of sp³-hybridized carbons (Fsp3) is 1.00. The molecule has 2 N–H and O–H groups in total. The SMILES string of the molecule is CC(C)OC(CPCCC(CCN)(CCPCC(OC(C)C)OC(C)C)OC(C)C)OC(C)C. The van der Waals surface area contributed by atoms with E-state index in [9.17, 15) is 0 Å². The van der Waals surface area contributed by atoms with Gasteiger partial charge in [0.25, 0.3) is 0 Å². The molecule has 0 aromatic carbocycles. The van der Waals surface area contributed by atoms with Crippen molar-refractivity contribution < 1.29 is 23.7 Å². The van der Waals surface area contributed by atoms with Crippen LogP contribution in [0.2, 0.25) is 0 Å². The molecular weight excluding hydrogens is 468 g/mol. The van der Waals surface area contributed by atoms with Crippen molar-refractivity contribution in [2.75, 3.05) is 31.2 Å². The fourth-order valence-corrected chi connectivity index (χ4v) is 6.39. The number of hydrogen-bond acceptors (Lipinski definition) is 6. The first kappa shape index (κ1) is 34.6. The lowest BCUT2D eigenvalue weighted by Crippen LogP contribution is -2.39. The lowest BCUT2D eigenvalue weighted by molar-refractivity contribution is -0.167. The van der Waals surface area contributed by atoms with Crippen LogP contribution >= 0.6 is 17.2 Å². The highest BCUT2D eigenvalue weighted by Gasteiger charge is 2.31. The third-order valence-corrected chi connectivity index (χ3v) is 7.37.